The van der Waals surface area contributed by atoms with Crippen LogP contribution in [0.25, 0.3) is 0 Å². The van der Waals surface area contributed by atoms with Gasteiger partial charge in [-0.15, -0.1) is 0 Å². The number of benzene rings is 1. The molecule has 0 fully saturated rings. The zero-order chi connectivity index (χ0) is 13.8. The highest BCUT2D eigenvalue weighted by Crippen LogP contribution is 2.25. The van der Waals surface area contributed by atoms with E-state index in [-0.39, 0.29) is 12.0 Å². The Balaban J connectivity index is 2.15. The molecule has 5 nitrogen and oxygen atoms in total. The van der Waals surface area contributed by atoms with E-state index in [1.807, 2.05) is 12.1 Å². The van der Waals surface area contributed by atoms with Crippen molar-refractivity contribution in [2.24, 2.45) is 0 Å². The number of carbonyl (C=O) groups is 1. The molecule has 0 amide bonds. The number of hydrogen-bond donors (Lipinski definition) is 2. The third-order valence-corrected chi connectivity index (χ3v) is 3.26. The molecule has 6 heteroatoms. The van der Waals surface area contributed by atoms with Crippen LogP contribution in [0, 0.1) is 6.92 Å². The van der Waals surface area contributed by atoms with Crippen molar-refractivity contribution in [1.82, 2.24) is 9.97 Å². The van der Waals surface area contributed by atoms with Gasteiger partial charge in [-0.3, -0.25) is 9.59 Å². The lowest BCUT2D eigenvalue weighted by atomic mass is 10.2. The van der Waals surface area contributed by atoms with Gasteiger partial charge in [0, 0.05) is 11.0 Å². The summed E-state index contributed by atoms with van der Waals surface area (Å²) >= 11 is 1.36. The highest BCUT2D eigenvalue weighted by Gasteiger charge is 2.03. The lowest BCUT2D eigenvalue weighted by molar-refractivity contribution is -0.136. The van der Waals surface area contributed by atoms with Crippen LogP contribution < -0.4 is 5.56 Å². The molecule has 0 atom stereocenters. The highest BCUT2D eigenvalue weighted by molar-refractivity contribution is 7.99. The number of aliphatic carboxylic acids is 1. The smallest absolute Gasteiger partial charge is 0.307 e. The minimum absolute atomic E-state index is 0.00725. The van der Waals surface area contributed by atoms with Crippen molar-refractivity contribution in [1.29, 1.82) is 0 Å². The Kier molecular flexibility index (Phi) is 4.01. The summed E-state index contributed by atoms with van der Waals surface area (Å²) in [5.74, 6) is -0.287. The lowest BCUT2D eigenvalue weighted by Gasteiger charge is -2.03. The van der Waals surface area contributed by atoms with E-state index in [1.165, 1.54) is 17.8 Å². The molecule has 19 heavy (non-hydrogen) atoms. The first-order valence-electron chi connectivity index (χ1n) is 5.59. The van der Waals surface area contributed by atoms with Crippen molar-refractivity contribution in [2.75, 3.05) is 0 Å². The van der Waals surface area contributed by atoms with Crippen molar-refractivity contribution in [3.8, 4) is 0 Å². The number of nitrogens with one attached hydrogen (secondary N) is 1. The van der Waals surface area contributed by atoms with E-state index in [0.29, 0.717) is 10.9 Å². The van der Waals surface area contributed by atoms with Crippen molar-refractivity contribution < 1.29 is 9.90 Å². The summed E-state index contributed by atoms with van der Waals surface area (Å²) in [5, 5.41) is 9.30. The molecule has 2 rings (SSSR count). The summed E-state index contributed by atoms with van der Waals surface area (Å²) in [5.41, 5.74) is 0.560. The summed E-state index contributed by atoms with van der Waals surface area (Å²) in [6, 6.07) is 8.60. The van der Waals surface area contributed by atoms with Gasteiger partial charge < -0.3 is 10.1 Å². The maximum atomic E-state index is 11.3. The maximum absolute atomic E-state index is 11.3. The van der Waals surface area contributed by atoms with Gasteiger partial charge in [0.1, 0.15) is 10.9 Å². The van der Waals surface area contributed by atoms with Gasteiger partial charge in [0.25, 0.3) is 5.56 Å². The molecule has 2 aromatic rings. The number of rotatable bonds is 4. The molecule has 1 heterocycles. The first-order chi connectivity index (χ1) is 9.02. The van der Waals surface area contributed by atoms with Crippen LogP contribution in [0.15, 0.2) is 45.0 Å². The SMILES string of the molecule is Cc1nc(Sc2ccc(CC(=O)O)cc2)cc(=O)[nH]1. The molecule has 0 aliphatic carbocycles. The number of H-pyrrole nitrogens is 1. The number of hydrogen-bond acceptors (Lipinski definition) is 4. The molecule has 0 radical (unpaired) electrons. The van der Waals surface area contributed by atoms with Crippen LogP contribution in [-0.4, -0.2) is 21.0 Å². The van der Waals surface area contributed by atoms with E-state index < -0.39 is 5.97 Å². The summed E-state index contributed by atoms with van der Waals surface area (Å²) < 4.78 is 0. The van der Waals surface area contributed by atoms with Gasteiger partial charge in [-0.1, -0.05) is 23.9 Å². The predicted octanol–water partition coefficient (Wildman–Crippen LogP) is 1.86. The van der Waals surface area contributed by atoms with Gasteiger partial charge in [0.2, 0.25) is 0 Å². The molecule has 1 aromatic heterocycles. The van der Waals surface area contributed by atoms with Gasteiger partial charge in [-0.2, -0.15) is 0 Å². The zero-order valence-corrected chi connectivity index (χ0v) is 11.0. The molecule has 0 spiro atoms. The quantitative estimate of drug-likeness (QED) is 0.833. The fourth-order valence-electron chi connectivity index (χ4n) is 1.58. The Labute approximate surface area is 113 Å². The molecule has 0 saturated heterocycles. The molecule has 0 unspecified atom stereocenters. The Hall–Kier alpha value is -2.08. The molecule has 0 aliphatic rings. The third-order valence-electron chi connectivity index (χ3n) is 2.34. The number of aromatic nitrogens is 2. The van der Waals surface area contributed by atoms with Crippen LogP contribution in [0.5, 0.6) is 0 Å². The van der Waals surface area contributed by atoms with Gasteiger partial charge in [0.05, 0.1) is 6.42 Å². The second kappa shape index (κ2) is 5.71. The minimum atomic E-state index is -0.854. The van der Waals surface area contributed by atoms with Crippen molar-refractivity contribution in [3.05, 3.63) is 52.1 Å². The number of aromatic amines is 1. The van der Waals surface area contributed by atoms with Crippen LogP contribution in [0.3, 0.4) is 0 Å². The van der Waals surface area contributed by atoms with E-state index in [4.69, 9.17) is 5.11 Å². The van der Waals surface area contributed by atoms with Crippen LogP contribution in [0.1, 0.15) is 11.4 Å². The largest absolute Gasteiger partial charge is 0.481 e. The first-order valence-corrected chi connectivity index (χ1v) is 6.41. The standard InChI is InChI=1S/C13H12N2O3S/c1-8-14-11(16)7-12(15-8)19-10-4-2-9(3-5-10)6-13(17)18/h2-5,7H,6H2,1H3,(H,17,18)(H,14,15,16). The van der Waals surface area contributed by atoms with Gasteiger partial charge in [0.15, 0.2) is 0 Å². The van der Waals surface area contributed by atoms with Crippen LogP contribution >= 0.6 is 11.8 Å². The second-order valence-corrected chi connectivity index (χ2v) is 5.08. The molecular weight excluding hydrogens is 264 g/mol. The number of aryl methyl sites for hydroxylation is 1. The monoisotopic (exact) mass is 276 g/mol. The van der Waals surface area contributed by atoms with Gasteiger partial charge in [-0.05, 0) is 24.6 Å². The zero-order valence-electron chi connectivity index (χ0n) is 10.2. The molecule has 2 N–H and O–H groups in total. The van der Waals surface area contributed by atoms with Crippen molar-refractivity contribution >= 4 is 17.7 Å². The van der Waals surface area contributed by atoms with Crippen molar-refractivity contribution in [3.63, 3.8) is 0 Å². The molecule has 1 aromatic carbocycles. The Morgan fingerprint density at radius 1 is 1.37 bits per heavy atom. The average Bonchev–Trinajstić information content (AvgIpc) is 2.29. The molecular formula is C13H12N2O3S. The third kappa shape index (κ3) is 3.96. The predicted molar refractivity (Wildman–Crippen MR) is 71.5 cm³/mol. The molecule has 98 valence electrons. The molecule has 0 aliphatic heterocycles. The summed E-state index contributed by atoms with van der Waals surface area (Å²) in [6.45, 7) is 1.72. The fourth-order valence-corrected chi connectivity index (χ4v) is 2.44. The second-order valence-electron chi connectivity index (χ2n) is 3.99. The van der Waals surface area contributed by atoms with Gasteiger partial charge in [-0.25, -0.2) is 4.98 Å². The summed E-state index contributed by atoms with van der Waals surface area (Å²) in [7, 11) is 0. The van der Waals surface area contributed by atoms with E-state index in [2.05, 4.69) is 9.97 Å². The highest BCUT2D eigenvalue weighted by atomic mass is 32.2. The fraction of sp³-hybridized carbons (Fsp3) is 0.154. The lowest BCUT2D eigenvalue weighted by Crippen LogP contribution is -2.07. The van der Waals surface area contributed by atoms with Crippen LogP contribution in [0.4, 0.5) is 0 Å². The first kappa shape index (κ1) is 13.4. The normalized spacial score (nSPS) is 10.4. The van der Waals surface area contributed by atoms with Gasteiger partial charge >= 0.3 is 5.97 Å². The Morgan fingerprint density at radius 2 is 2.05 bits per heavy atom. The van der Waals surface area contributed by atoms with E-state index in [9.17, 15) is 9.59 Å². The van der Waals surface area contributed by atoms with Crippen molar-refractivity contribution in [2.45, 2.75) is 23.3 Å². The number of nitrogens with zero attached hydrogens (tertiary/aromatic N) is 1. The minimum Gasteiger partial charge on any atom is -0.481 e. The maximum Gasteiger partial charge on any atom is 0.307 e. The average molecular weight is 276 g/mol. The van der Waals surface area contributed by atoms with Crippen LogP contribution in [0.2, 0.25) is 0 Å². The summed E-state index contributed by atoms with van der Waals surface area (Å²) in [6.07, 6.45) is 0.00725. The molecule has 0 saturated carbocycles. The Bertz CT molecular complexity index is 650. The van der Waals surface area contributed by atoms with Crippen LogP contribution in [-0.2, 0) is 11.2 Å². The topological polar surface area (TPSA) is 83.0 Å². The molecule has 0 bridgehead atoms. The van der Waals surface area contributed by atoms with E-state index in [0.717, 1.165) is 10.5 Å². The van der Waals surface area contributed by atoms with E-state index >= 15 is 0 Å². The number of carboxylic acid groups (broad SMARTS) is 1. The summed E-state index contributed by atoms with van der Waals surface area (Å²) in [4.78, 5) is 29.6. The number of carboxylic acids is 1. The van der Waals surface area contributed by atoms with E-state index in [1.54, 1.807) is 19.1 Å². The Morgan fingerprint density at radius 3 is 2.63 bits per heavy atom.